The molecule has 3 rings (SSSR count). The van der Waals surface area contributed by atoms with Crippen LogP contribution in [-0.4, -0.2) is 47.9 Å². The molecule has 2 fully saturated rings. The van der Waals surface area contributed by atoms with Gasteiger partial charge in [-0.2, -0.15) is 0 Å². The molecule has 0 bridgehead atoms. The van der Waals surface area contributed by atoms with Crippen molar-refractivity contribution in [1.29, 1.82) is 0 Å². The molecule has 24 heavy (non-hydrogen) atoms. The Kier molecular flexibility index (Phi) is 5.35. The Morgan fingerprint density at radius 1 is 1.12 bits per heavy atom. The summed E-state index contributed by atoms with van der Waals surface area (Å²) in [5, 5.41) is 2.98. The predicted molar refractivity (Wildman–Crippen MR) is 92.1 cm³/mol. The highest BCUT2D eigenvalue weighted by Crippen LogP contribution is 2.18. The van der Waals surface area contributed by atoms with Crippen LogP contribution in [0.15, 0.2) is 24.3 Å². The lowest BCUT2D eigenvalue weighted by Gasteiger charge is -2.20. The quantitative estimate of drug-likeness (QED) is 0.854. The standard InChI is InChI=1S/C18H26N4O2/c19-17(23)16-7-10-22(13-16)18(24)20-11-14-5-1-2-6-15(14)12-21-8-3-4-9-21/h1-2,5-6,16H,3-4,7-13H2,(H2,19,23)(H,20,24). The molecule has 2 aliphatic heterocycles. The molecular formula is C18H26N4O2. The zero-order valence-electron chi connectivity index (χ0n) is 14.0. The summed E-state index contributed by atoms with van der Waals surface area (Å²) in [6.45, 7) is 4.79. The van der Waals surface area contributed by atoms with Crippen LogP contribution in [0, 0.1) is 5.92 Å². The van der Waals surface area contributed by atoms with Gasteiger partial charge in [0.25, 0.3) is 0 Å². The molecule has 3 N–H and O–H groups in total. The van der Waals surface area contributed by atoms with Gasteiger partial charge in [-0.15, -0.1) is 0 Å². The zero-order chi connectivity index (χ0) is 16.9. The van der Waals surface area contributed by atoms with Crippen LogP contribution in [0.2, 0.25) is 0 Å². The van der Waals surface area contributed by atoms with Crippen LogP contribution in [0.3, 0.4) is 0 Å². The maximum absolute atomic E-state index is 12.3. The molecule has 0 aromatic heterocycles. The number of nitrogens with zero attached hydrogens (tertiary/aromatic N) is 2. The van der Waals surface area contributed by atoms with E-state index in [2.05, 4.69) is 28.4 Å². The maximum Gasteiger partial charge on any atom is 0.317 e. The molecule has 3 amide bonds. The molecule has 130 valence electrons. The summed E-state index contributed by atoms with van der Waals surface area (Å²) >= 11 is 0. The van der Waals surface area contributed by atoms with Crippen LogP contribution in [0.5, 0.6) is 0 Å². The topological polar surface area (TPSA) is 78.7 Å². The first-order valence-electron chi connectivity index (χ1n) is 8.74. The Hall–Kier alpha value is -2.08. The predicted octanol–water partition coefficient (Wildman–Crippen LogP) is 1.30. The summed E-state index contributed by atoms with van der Waals surface area (Å²) in [6.07, 6.45) is 3.21. The van der Waals surface area contributed by atoms with Gasteiger partial charge in [0.1, 0.15) is 0 Å². The summed E-state index contributed by atoms with van der Waals surface area (Å²) in [5.41, 5.74) is 7.75. The average Bonchev–Trinajstić information content (AvgIpc) is 3.25. The lowest BCUT2D eigenvalue weighted by atomic mass is 10.1. The maximum atomic E-state index is 12.3. The fourth-order valence-electron chi connectivity index (χ4n) is 3.53. The van der Waals surface area contributed by atoms with Gasteiger partial charge in [0, 0.05) is 26.2 Å². The largest absolute Gasteiger partial charge is 0.369 e. The van der Waals surface area contributed by atoms with Gasteiger partial charge in [-0.3, -0.25) is 9.69 Å². The normalized spacial score (nSPS) is 21.2. The minimum Gasteiger partial charge on any atom is -0.369 e. The van der Waals surface area contributed by atoms with E-state index in [1.165, 1.54) is 18.4 Å². The number of likely N-dealkylation sites (tertiary alicyclic amines) is 2. The van der Waals surface area contributed by atoms with E-state index >= 15 is 0 Å². The van der Waals surface area contributed by atoms with Gasteiger partial charge >= 0.3 is 6.03 Å². The number of rotatable bonds is 5. The van der Waals surface area contributed by atoms with Gasteiger partial charge in [-0.1, -0.05) is 24.3 Å². The van der Waals surface area contributed by atoms with Crippen molar-refractivity contribution in [3.63, 3.8) is 0 Å². The van der Waals surface area contributed by atoms with Crippen LogP contribution >= 0.6 is 0 Å². The first kappa shape index (κ1) is 16.8. The molecule has 0 radical (unpaired) electrons. The molecule has 6 nitrogen and oxygen atoms in total. The minimum atomic E-state index is -0.318. The molecule has 1 aromatic carbocycles. The molecule has 2 heterocycles. The monoisotopic (exact) mass is 330 g/mol. The molecular weight excluding hydrogens is 304 g/mol. The molecule has 0 saturated carbocycles. The molecule has 1 unspecified atom stereocenters. The van der Waals surface area contributed by atoms with Gasteiger partial charge in [-0.05, 0) is 43.5 Å². The van der Waals surface area contributed by atoms with Crippen molar-refractivity contribution < 1.29 is 9.59 Å². The molecule has 0 aliphatic carbocycles. The Bertz CT molecular complexity index is 598. The first-order chi connectivity index (χ1) is 11.6. The van der Waals surface area contributed by atoms with Crippen molar-refractivity contribution in [2.75, 3.05) is 26.2 Å². The van der Waals surface area contributed by atoms with E-state index < -0.39 is 0 Å². The number of amides is 3. The third-order valence-electron chi connectivity index (χ3n) is 5.02. The van der Waals surface area contributed by atoms with Crippen molar-refractivity contribution in [1.82, 2.24) is 15.1 Å². The number of benzene rings is 1. The minimum absolute atomic E-state index is 0.116. The smallest absolute Gasteiger partial charge is 0.317 e. The summed E-state index contributed by atoms with van der Waals surface area (Å²) in [6, 6.07) is 8.15. The summed E-state index contributed by atoms with van der Waals surface area (Å²) in [7, 11) is 0. The van der Waals surface area contributed by atoms with Gasteiger partial charge in [0.05, 0.1) is 5.92 Å². The third-order valence-corrected chi connectivity index (χ3v) is 5.02. The van der Waals surface area contributed by atoms with Crippen LogP contribution in [0.1, 0.15) is 30.4 Å². The highest BCUT2D eigenvalue weighted by atomic mass is 16.2. The third kappa shape index (κ3) is 4.06. The Morgan fingerprint density at radius 2 is 1.83 bits per heavy atom. The SMILES string of the molecule is NC(=O)C1CCN(C(=O)NCc2ccccc2CN2CCCC2)C1. The van der Waals surface area contributed by atoms with E-state index in [-0.39, 0.29) is 17.9 Å². The van der Waals surface area contributed by atoms with E-state index in [1.807, 2.05) is 6.07 Å². The van der Waals surface area contributed by atoms with E-state index in [1.54, 1.807) is 4.90 Å². The molecule has 2 saturated heterocycles. The number of nitrogens with one attached hydrogen (secondary N) is 1. The van der Waals surface area contributed by atoms with Gasteiger partial charge in [0.2, 0.25) is 5.91 Å². The van der Waals surface area contributed by atoms with Crippen molar-refractivity contribution in [2.24, 2.45) is 11.7 Å². The van der Waals surface area contributed by atoms with Crippen molar-refractivity contribution >= 4 is 11.9 Å². The van der Waals surface area contributed by atoms with Crippen LogP contribution < -0.4 is 11.1 Å². The van der Waals surface area contributed by atoms with E-state index in [0.29, 0.717) is 26.1 Å². The lowest BCUT2D eigenvalue weighted by Crippen LogP contribution is -2.39. The van der Waals surface area contributed by atoms with E-state index in [4.69, 9.17) is 5.73 Å². The second kappa shape index (κ2) is 7.66. The van der Waals surface area contributed by atoms with Crippen LogP contribution in [-0.2, 0) is 17.9 Å². The molecule has 0 spiro atoms. The zero-order valence-corrected chi connectivity index (χ0v) is 14.0. The lowest BCUT2D eigenvalue weighted by molar-refractivity contribution is -0.121. The van der Waals surface area contributed by atoms with Gasteiger partial charge < -0.3 is 16.0 Å². The van der Waals surface area contributed by atoms with E-state index in [9.17, 15) is 9.59 Å². The number of carbonyl (C=O) groups is 2. The Morgan fingerprint density at radius 3 is 2.50 bits per heavy atom. The first-order valence-corrected chi connectivity index (χ1v) is 8.74. The van der Waals surface area contributed by atoms with Crippen molar-refractivity contribution in [3.05, 3.63) is 35.4 Å². The number of primary amides is 1. The van der Waals surface area contributed by atoms with Crippen molar-refractivity contribution in [3.8, 4) is 0 Å². The van der Waals surface area contributed by atoms with Gasteiger partial charge in [-0.25, -0.2) is 4.79 Å². The highest BCUT2D eigenvalue weighted by Gasteiger charge is 2.29. The Balaban J connectivity index is 1.54. The summed E-state index contributed by atoms with van der Waals surface area (Å²) in [5.74, 6) is -0.528. The molecule has 2 aliphatic rings. The Labute approximate surface area is 143 Å². The molecule has 1 atom stereocenters. The second-order valence-corrected chi connectivity index (χ2v) is 6.74. The summed E-state index contributed by atoms with van der Waals surface area (Å²) < 4.78 is 0. The number of hydrogen-bond acceptors (Lipinski definition) is 3. The fraction of sp³-hybridized carbons (Fsp3) is 0.556. The molecule has 1 aromatic rings. The summed E-state index contributed by atoms with van der Waals surface area (Å²) in [4.78, 5) is 27.6. The highest BCUT2D eigenvalue weighted by molar-refractivity contribution is 5.80. The fourth-order valence-corrected chi connectivity index (χ4v) is 3.53. The second-order valence-electron chi connectivity index (χ2n) is 6.74. The average molecular weight is 330 g/mol. The van der Waals surface area contributed by atoms with Gasteiger partial charge in [0.15, 0.2) is 0 Å². The van der Waals surface area contributed by atoms with Crippen LogP contribution in [0.4, 0.5) is 4.79 Å². The van der Waals surface area contributed by atoms with E-state index in [0.717, 1.165) is 25.2 Å². The van der Waals surface area contributed by atoms with Crippen LogP contribution in [0.25, 0.3) is 0 Å². The number of nitrogens with two attached hydrogens (primary N) is 1. The number of hydrogen-bond donors (Lipinski definition) is 2. The molecule has 6 heteroatoms. The number of carbonyl (C=O) groups excluding carboxylic acids is 2. The number of urea groups is 1. The van der Waals surface area contributed by atoms with Crippen molar-refractivity contribution in [2.45, 2.75) is 32.4 Å².